The summed E-state index contributed by atoms with van der Waals surface area (Å²) in [4.78, 5) is 12.7. The van der Waals surface area contributed by atoms with Crippen molar-refractivity contribution >= 4 is 35.0 Å². The highest BCUT2D eigenvalue weighted by atomic mass is 35.5. The lowest BCUT2D eigenvalue weighted by Gasteiger charge is -2.16. The summed E-state index contributed by atoms with van der Waals surface area (Å²) in [6, 6.07) is 10.5. The van der Waals surface area contributed by atoms with Gasteiger partial charge in [-0.1, -0.05) is 29.4 Å². The van der Waals surface area contributed by atoms with Crippen LogP contribution in [0.15, 0.2) is 54.2 Å². The van der Waals surface area contributed by atoms with E-state index >= 15 is 0 Å². The van der Waals surface area contributed by atoms with Crippen molar-refractivity contribution in [1.82, 2.24) is 14.8 Å². The number of nitrogens with one attached hydrogen (secondary N) is 1. The molecule has 1 unspecified atom stereocenters. The van der Waals surface area contributed by atoms with Gasteiger partial charge in [-0.05, 0) is 31.2 Å². The van der Waals surface area contributed by atoms with E-state index in [1.807, 2.05) is 35.8 Å². The van der Waals surface area contributed by atoms with Crippen LogP contribution in [0.4, 0.5) is 5.69 Å². The van der Waals surface area contributed by atoms with Crippen LogP contribution in [0.2, 0.25) is 5.02 Å². The second-order valence-corrected chi connectivity index (χ2v) is 8.55. The number of ether oxygens (including phenoxy) is 4. The Labute approximate surface area is 213 Å². The fraction of sp³-hybridized carbons (Fsp3) is 0.292. The molecule has 3 rings (SSSR count). The largest absolute Gasteiger partial charge is 0.497 e. The molecule has 9 nitrogen and oxygen atoms in total. The molecule has 2 aromatic carbocycles. The highest BCUT2D eigenvalue weighted by Crippen LogP contribution is 2.36. The van der Waals surface area contributed by atoms with Crippen molar-refractivity contribution < 1.29 is 23.7 Å². The third kappa shape index (κ3) is 6.61. The van der Waals surface area contributed by atoms with Crippen LogP contribution in [-0.4, -0.2) is 47.8 Å². The molecule has 0 aliphatic rings. The first kappa shape index (κ1) is 26.2. The van der Waals surface area contributed by atoms with E-state index in [0.717, 1.165) is 5.75 Å². The van der Waals surface area contributed by atoms with Crippen LogP contribution < -0.4 is 24.3 Å². The maximum Gasteiger partial charge on any atom is 0.234 e. The van der Waals surface area contributed by atoms with E-state index in [4.69, 9.17) is 30.5 Å². The smallest absolute Gasteiger partial charge is 0.234 e. The predicted molar refractivity (Wildman–Crippen MR) is 136 cm³/mol. The van der Waals surface area contributed by atoms with E-state index in [2.05, 4.69) is 22.1 Å². The van der Waals surface area contributed by atoms with Crippen molar-refractivity contribution in [2.24, 2.45) is 0 Å². The molecular weight excluding hydrogens is 492 g/mol. The molecule has 0 fully saturated rings. The Morgan fingerprint density at radius 2 is 1.80 bits per heavy atom. The van der Waals surface area contributed by atoms with Crippen molar-refractivity contribution in [3.05, 3.63) is 59.9 Å². The van der Waals surface area contributed by atoms with Crippen LogP contribution in [0, 0.1) is 0 Å². The second-order valence-electron chi connectivity index (χ2n) is 7.20. The van der Waals surface area contributed by atoms with Gasteiger partial charge >= 0.3 is 0 Å². The summed E-state index contributed by atoms with van der Waals surface area (Å²) in [7, 11) is 4.61. The topological polar surface area (TPSA) is 96.7 Å². The minimum atomic E-state index is -0.384. The molecule has 0 saturated heterocycles. The highest BCUT2D eigenvalue weighted by molar-refractivity contribution is 7.99. The van der Waals surface area contributed by atoms with E-state index in [-0.39, 0.29) is 17.8 Å². The molecule has 0 spiro atoms. The number of thioether (sulfide) groups is 1. The number of benzene rings is 2. The van der Waals surface area contributed by atoms with E-state index in [1.54, 1.807) is 25.3 Å². The molecule has 0 saturated carbocycles. The average Bonchev–Trinajstić information content (AvgIpc) is 3.26. The van der Waals surface area contributed by atoms with Crippen molar-refractivity contribution in [2.45, 2.75) is 24.7 Å². The number of halogens is 1. The van der Waals surface area contributed by atoms with Crippen LogP contribution in [0.25, 0.3) is 0 Å². The first-order valence-corrected chi connectivity index (χ1v) is 11.9. The van der Waals surface area contributed by atoms with Gasteiger partial charge in [0.1, 0.15) is 23.0 Å². The number of anilines is 1. The van der Waals surface area contributed by atoms with Gasteiger partial charge in [0.15, 0.2) is 17.1 Å². The molecule has 1 heterocycles. The zero-order chi connectivity index (χ0) is 25.4. The maximum atomic E-state index is 12.7. The molecule has 1 atom stereocenters. The number of aromatic nitrogens is 3. The van der Waals surface area contributed by atoms with Gasteiger partial charge in [-0.25, -0.2) is 0 Å². The first-order chi connectivity index (χ1) is 16.9. The lowest BCUT2D eigenvalue weighted by atomic mass is 10.2. The SMILES string of the molecule is C=CCn1c(SCC(=O)Nc2cc(OC)c(Cl)cc2OC)nnc1C(C)Oc1ccc(OC)cc1. The quantitative estimate of drug-likeness (QED) is 0.264. The number of hydrogen-bond acceptors (Lipinski definition) is 8. The Morgan fingerprint density at radius 3 is 2.43 bits per heavy atom. The van der Waals surface area contributed by atoms with E-state index in [0.29, 0.717) is 45.5 Å². The Balaban J connectivity index is 1.69. The lowest BCUT2D eigenvalue weighted by Crippen LogP contribution is -2.16. The third-order valence-corrected chi connectivity index (χ3v) is 6.14. The normalized spacial score (nSPS) is 11.5. The van der Waals surface area contributed by atoms with Gasteiger partial charge in [-0.2, -0.15) is 0 Å². The van der Waals surface area contributed by atoms with Crippen molar-refractivity contribution in [3.63, 3.8) is 0 Å². The minimum Gasteiger partial charge on any atom is -0.497 e. The van der Waals surface area contributed by atoms with E-state index in [1.165, 1.54) is 26.0 Å². The number of rotatable bonds is 12. The van der Waals surface area contributed by atoms with Crippen LogP contribution in [0.1, 0.15) is 18.9 Å². The molecule has 0 aliphatic carbocycles. The fourth-order valence-electron chi connectivity index (χ4n) is 3.19. The fourth-order valence-corrected chi connectivity index (χ4v) is 4.18. The molecule has 0 bridgehead atoms. The van der Waals surface area contributed by atoms with E-state index < -0.39 is 0 Å². The number of amides is 1. The van der Waals surface area contributed by atoms with Crippen LogP contribution in [0.3, 0.4) is 0 Å². The molecule has 35 heavy (non-hydrogen) atoms. The van der Waals surface area contributed by atoms with Gasteiger partial charge in [0, 0.05) is 18.7 Å². The third-order valence-electron chi connectivity index (χ3n) is 4.87. The minimum absolute atomic E-state index is 0.0943. The summed E-state index contributed by atoms with van der Waals surface area (Å²) in [6.45, 7) is 6.16. The number of methoxy groups -OCH3 is 3. The van der Waals surface area contributed by atoms with Gasteiger partial charge < -0.3 is 24.3 Å². The Hall–Kier alpha value is -3.37. The van der Waals surface area contributed by atoms with Gasteiger partial charge in [0.2, 0.25) is 5.91 Å². The summed E-state index contributed by atoms with van der Waals surface area (Å²) in [5.41, 5.74) is 0.453. The zero-order valence-corrected chi connectivity index (χ0v) is 21.5. The summed E-state index contributed by atoms with van der Waals surface area (Å²) in [5, 5.41) is 12.3. The number of carbonyl (C=O) groups is 1. The van der Waals surface area contributed by atoms with Gasteiger partial charge in [-0.15, -0.1) is 16.8 Å². The lowest BCUT2D eigenvalue weighted by molar-refractivity contribution is -0.113. The molecule has 1 aromatic heterocycles. The van der Waals surface area contributed by atoms with Crippen LogP contribution >= 0.6 is 23.4 Å². The standard InChI is InChI=1S/C24H27ClN4O5S/c1-6-11-29-23(15(2)34-17-9-7-16(31-3)8-10-17)27-28-24(29)35-14-22(30)26-19-13-20(32-4)18(25)12-21(19)33-5/h6-10,12-13,15H,1,11,14H2,2-5H3,(H,26,30). The zero-order valence-electron chi connectivity index (χ0n) is 19.9. The molecule has 11 heteroatoms. The van der Waals surface area contributed by atoms with E-state index in [9.17, 15) is 4.79 Å². The van der Waals surface area contributed by atoms with Crippen molar-refractivity contribution in [2.75, 3.05) is 32.4 Å². The summed E-state index contributed by atoms with van der Waals surface area (Å²) in [6.07, 6.45) is 1.35. The molecule has 0 aliphatic heterocycles. The Kier molecular flexibility index (Phi) is 9.27. The molecule has 186 valence electrons. The molecular formula is C24H27ClN4O5S. The number of nitrogens with zero attached hydrogens (tertiary/aromatic N) is 3. The molecule has 1 N–H and O–H groups in total. The van der Waals surface area contributed by atoms with Gasteiger partial charge in [-0.3, -0.25) is 9.36 Å². The average molecular weight is 519 g/mol. The highest BCUT2D eigenvalue weighted by Gasteiger charge is 2.20. The van der Waals surface area contributed by atoms with Crippen molar-refractivity contribution in [1.29, 1.82) is 0 Å². The monoisotopic (exact) mass is 518 g/mol. The van der Waals surface area contributed by atoms with Crippen LogP contribution in [-0.2, 0) is 11.3 Å². The predicted octanol–water partition coefficient (Wildman–Crippen LogP) is 5.01. The Bertz CT molecular complexity index is 1170. The maximum absolute atomic E-state index is 12.7. The van der Waals surface area contributed by atoms with Gasteiger partial charge in [0.25, 0.3) is 0 Å². The molecule has 0 radical (unpaired) electrons. The number of carbonyl (C=O) groups excluding carboxylic acids is 1. The first-order valence-electron chi connectivity index (χ1n) is 10.6. The van der Waals surface area contributed by atoms with Crippen molar-refractivity contribution in [3.8, 4) is 23.0 Å². The molecule has 1 amide bonds. The number of allylic oxidation sites excluding steroid dienone is 1. The summed E-state index contributed by atoms with van der Waals surface area (Å²) in [5.74, 6) is 2.73. The molecule has 3 aromatic rings. The van der Waals surface area contributed by atoms with Crippen LogP contribution in [0.5, 0.6) is 23.0 Å². The summed E-state index contributed by atoms with van der Waals surface area (Å²) >= 11 is 7.38. The summed E-state index contributed by atoms with van der Waals surface area (Å²) < 4.78 is 23.6. The Morgan fingerprint density at radius 1 is 1.11 bits per heavy atom. The second kappa shape index (κ2) is 12.4. The van der Waals surface area contributed by atoms with Gasteiger partial charge in [0.05, 0.1) is 37.8 Å². The number of hydrogen-bond donors (Lipinski definition) is 1.